The Kier molecular flexibility index (Phi) is 6.29. The van der Waals surface area contributed by atoms with E-state index < -0.39 is 10.0 Å². The summed E-state index contributed by atoms with van der Waals surface area (Å²) in [5.41, 5.74) is 1.08. The second kappa shape index (κ2) is 8.96. The third kappa shape index (κ3) is 4.90. The van der Waals surface area contributed by atoms with Gasteiger partial charge in [-0.1, -0.05) is 18.6 Å². The van der Waals surface area contributed by atoms with Crippen molar-refractivity contribution in [2.45, 2.75) is 45.2 Å². The molecular weight excluding hydrogens is 418 g/mol. The summed E-state index contributed by atoms with van der Waals surface area (Å²) >= 11 is 0. The summed E-state index contributed by atoms with van der Waals surface area (Å²) in [6.45, 7) is 4.07. The van der Waals surface area contributed by atoms with Gasteiger partial charge >= 0.3 is 0 Å². The van der Waals surface area contributed by atoms with Crippen molar-refractivity contribution in [3.63, 3.8) is 0 Å². The fourth-order valence-corrected chi connectivity index (χ4v) is 5.47. The lowest BCUT2D eigenvalue weighted by Gasteiger charge is -2.33. The molecule has 9 nitrogen and oxygen atoms in total. The maximum absolute atomic E-state index is 12.7. The molecule has 0 radical (unpaired) electrons. The lowest BCUT2D eigenvalue weighted by molar-refractivity contribution is -0.133. The van der Waals surface area contributed by atoms with Gasteiger partial charge in [0.25, 0.3) is 5.91 Å². The van der Waals surface area contributed by atoms with Crippen LogP contribution in [0.15, 0.2) is 24.3 Å². The highest BCUT2D eigenvalue weighted by molar-refractivity contribution is 7.88. The maximum Gasteiger partial charge on any atom is 0.260 e. The SMILES string of the molecule is Cc1cccc(OCC(=O)N2CCc3nnc(C4CCCCN4S(C)(=O)=O)n3CC2)c1. The zero-order valence-electron chi connectivity index (χ0n) is 18.0. The summed E-state index contributed by atoms with van der Waals surface area (Å²) in [5, 5.41) is 8.69. The van der Waals surface area contributed by atoms with Crippen LogP contribution in [0, 0.1) is 6.92 Å². The van der Waals surface area contributed by atoms with Crippen molar-refractivity contribution in [1.82, 2.24) is 24.0 Å². The molecule has 0 aliphatic carbocycles. The lowest BCUT2D eigenvalue weighted by Crippen LogP contribution is -2.39. The van der Waals surface area contributed by atoms with Crippen LogP contribution in [0.3, 0.4) is 0 Å². The van der Waals surface area contributed by atoms with Crippen molar-refractivity contribution in [3.05, 3.63) is 41.5 Å². The van der Waals surface area contributed by atoms with Gasteiger partial charge in [0.1, 0.15) is 11.6 Å². The molecule has 1 amide bonds. The minimum Gasteiger partial charge on any atom is -0.484 e. The van der Waals surface area contributed by atoms with E-state index in [-0.39, 0.29) is 18.6 Å². The van der Waals surface area contributed by atoms with E-state index in [1.165, 1.54) is 10.6 Å². The number of amides is 1. The number of fused-ring (bicyclic) bond motifs is 1. The number of nitrogens with zero attached hydrogens (tertiary/aromatic N) is 5. The zero-order chi connectivity index (χ0) is 22.0. The van der Waals surface area contributed by atoms with Crippen LogP contribution in [0.1, 0.15) is 42.5 Å². The maximum atomic E-state index is 12.7. The molecule has 0 saturated carbocycles. The van der Waals surface area contributed by atoms with E-state index in [1.807, 2.05) is 35.8 Å². The number of carbonyl (C=O) groups excluding carboxylic acids is 1. The van der Waals surface area contributed by atoms with Gasteiger partial charge in [0.2, 0.25) is 10.0 Å². The van der Waals surface area contributed by atoms with Crippen molar-refractivity contribution < 1.29 is 17.9 Å². The zero-order valence-corrected chi connectivity index (χ0v) is 18.8. The van der Waals surface area contributed by atoms with Crippen LogP contribution in [0.25, 0.3) is 0 Å². The predicted octanol–water partition coefficient (Wildman–Crippen LogP) is 1.54. The van der Waals surface area contributed by atoms with E-state index in [2.05, 4.69) is 10.2 Å². The van der Waals surface area contributed by atoms with Crippen LogP contribution < -0.4 is 4.74 Å². The molecule has 4 rings (SSSR count). The second-order valence-corrected chi connectivity index (χ2v) is 10.2. The van der Waals surface area contributed by atoms with Crippen molar-refractivity contribution >= 4 is 15.9 Å². The average Bonchev–Trinajstić information content (AvgIpc) is 3.02. The second-order valence-electron chi connectivity index (χ2n) is 8.25. The van der Waals surface area contributed by atoms with Crippen LogP contribution in [-0.2, 0) is 27.8 Å². The number of aryl methyl sites for hydroxylation is 1. The van der Waals surface area contributed by atoms with E-state index in [0.29, 0.717) is 44.2 Å². The highest BCUT2D eigenvalue weighted by Gasteiger charge is 2.35. The molecule has 1 aromatic heterocycles. The van der Waals surface area contributed by atoms with Gasteiger partial charge in [0.05, 0.1) is 12.3 Å². The molecule has 1 saturated heterocycles. The lowest BCUT2D eigenvalue weighted by atomic mass is 10.0. The quantitative estimate of drug-likeness (QED) is 0.690. The number of carbonyl (C=O) groups is 1. The van der Waals surface area contributed by atoms with E-state index in [4.69, 9.17) is 4.74 Å². The highest BCUT2D eigenvalue weighted by atomic mass is 32.2. The molecule has 10 heteroatoms. The van der Waals surface area contributed by atoms with E-state index in [1.54, 1.807) is 4.90 Å². The van der Waals surface area contributed by atoms with Crippen LogP contribution >= 0.6 is 0 Å². The monoisotopic (exact) mass is 447 g/mol. The minimum absolute atomic E-state index is 0.0125. The Balaban J connectivity index is 1.43. The molecule has 0 spiro atoms. The molecule has 0 N–H and O–H groups in total. The summed E-state index contributed by atoms with van der Waals surface area (Å²) < 4.78 is 33.8. The Morgan fingerprint density at radius 1 is 1.16 bits per heavy atom. The number of sulfonamides is 1. The number of hydrogen-bond acceptors (Lipinski definition) is 6. The van der Waals surface area contributed by atoms with Crippen LogP contribution in [-0.4, -0.2) is 70.8 Å². The highest BCUT2D eigenvalue weighted by Crippen LogP contribution is 2.32. The smallest absolute Gasteiger partial charge is 0.260 e. The molecule has 1 fully saturated rings. The van der Waals surface area contributed by atoms with Crippen LogP contribution in [0.5, 0.6) is 5.75 Å². The average molecular weight is 448 g/mol. The Morgan fingerprint density at radius 2 is 2.00 bits per heavy atom. The van der Waals surface area contributed by atoms with E-state index in [9.17, 15) is 13.2 Å². The summed E-state index contributed by atoms with van der Waals surface area (Å²) in [6, 6.07) is 7.33. The molecule has 168 valence electrons. The van der Waals surface area contributed by atoms with Crippen LogP contribution in [0.2, 0.25) is 0 Å². The van der Waals surface area contributed by atoms with Gasteiger partial charge in [0, 0.05) is 32.6 Å². The molecule has 1 aromatic carbocycles. The van der Waals surface area contributed by atoms with Crippen molar-refractivity contribution in [2.24, 2.45) is 0 Å². The Hall–Kier alpha value is -2.46. The van der Waals surface area contributed by atoms with Gasteiger partial charge in [-0.15, -0.1) is 10.2 Å². The molecule has 2 aliphatic heterocycles. The van der Waals surface area contributed by atoms with Gasteiger partial charge in [0.15, 0.2) is 12.4 Å². The summed E-state index contributed by atoms with van der Waals surface area (Å²) in [7, 11) is -3.33. The van der Waals surface area contributed by atoms with Gasteiger partial charge in [-0.3, -0.25) is 4.79 Å². The Bertz CT molecular complexity index is 1050. The van der Waals surface area contributed by atoms with Gasteiger partial charge in [-0.25, -0.2) is 8.42 Å². The Labute approximate surface area is 183 Å². The number of benzene rings is 1. The molecule has 1 atom stereocenters. The molecule has 2 aromatic rings. The first-order valence-electron chi connectivity index (χ1n) is 10.7. The van der Waals surface area contributed by atoms with Gasteiger partial charge in [-0.05, 0) is 37.5 Å². The fraction of sp³-hybridized carbons (Fsp3) is 0.571. The largest absolute Gasteiger partial charge is 0.484 e. The first-order valence-corrected chi connectivity index (χ1v) is 12.5. The van der Waals surface area contributed by atoms with Gasteiger partial charge in [-0.2, -0.15) is 4.31 Å². The molecule has 1 unspecified atom stereocenters. The predicted molar refractivity (Wildman–Crippen MR) is 115 cm³/mol. The molecular formula is C21H29N5O4S. The van der Waals surface area contributed by atoms with Gasteiger partial charge < -0.3 is 14.2 Å². The van der Waals surface area contributed by atoms with E-state index in [0.717, 1.165) is 30.7 Å². The van der Waals surface area contributed by atoms with Crippen molar-refractivity contribution in [2.75, 3.05) is 32.5 Å². The summed E-state index contributed by atoms with van der Waals surface area (Å²) in [5.74, 6) is 2.09. The number of aromatic nitrogens is 3. The molecule has 2 aliphatic rings. The van der Waals surface area contributed by atoms with E-state index >= 15 is 0 Å². The number of hydrogen-bond donors (Lipinski definition) is 0. The molecule has 31 heavy (non-hydrogen) atoms. The standard InChI is InChI=1S/C21H29N5O4S/c1-16-6-5-7-17(14-16)30-15-20(27)24-11-9-19-22-23-21(25(19)13-12-24)18-8-3-4-10-26(18)31(2,28)29/h5-7,14,18H,3-4,8-13,15H2,1-2H3. The van der Waals surface area contributed by atoms with Crippen LogP contribution in [0.4, 0.5) is 0 Å². The first-order chi connectivity index (χ1) is 14.8. The third-order valence-electron chi connectivity index (χ3n) is 5.94. The number of rotatable bonds is 5. The molecule has 3 heterocycles. The molecule has 0 bridgehead atoms. The topological polar surface area (TPSA) is 97.6 Å². The number of piperidine rings is 1. The van der Waals surface area contributed by atoms with Crippen molar-refractivity contribution in [1.29, 1.82) is 0 Å². The van der Waals surface area contributed by atoms with Crippen molar-refractivity contribution in [3.8, 4) is 5.75 Å². The third-order valence-corrected chi connectivity index (χ3v) is 7.23. The fourth-order valence-electron chi connectivity index (χ4n) is 4.34. The number of ether oxygens (including phenoxy) is 1. The normalized spacial score (nSPS) is 20.2. The summed E-state index contributed by atoms with van der Waals surface area (Å²) in [4.78, 5) is 14.5. The summed E-state index contributed by atoms with van der Waals surface area (Å²) in [6.07, 6.45) is 4.38. The minimum atomic E-state index is -3.33. The first kappa shape index (κ1) is 21.8. The Morgan fingerprint density at radius 3 is 2.77 bits per heavy atom.